The Morgan fingerprint density at radius 3 is 2.29 bits per heavy atom. The second kappa shape index (κ2) is 10.6. The molecule has 3 amide bonds. The molecule has 0 aliphatic carbocycles. The average molecular weight is 535 g/mol. The summed E-state index contributed by atoms with van der Waals surface area (Å²) >= 11 is 0. The fourth-order valence-electron chi connectivity index (χ4n) is 4.38. The van der Waals surface area contributed by atoms with Gasteiger partial charge in [-0.05, 0) is 67.4 Å². The molecule has 0 saturated carbocycles. The third kappa shape index (κ3) is 5.38. The summed E-state index contributed by atoms with van der Waals surface area (Å²) in [5.74, 6) is -0.812. The molecular weight excluding hydrogens is 508 g/mol. The Kier molecular flexibility index (Phi) is 7.12. The lowest BCUT2D eigenvalue weighted by atomic mass is 10.1. The van der Waals surface area contributed by atoms with Gasteiger partial charge in [-0.2, -0.15) is 4.31 Å². The van der Waals surface area contributed by atoms with Gasteiger partial charge < -0.3 is 15.4 Å². The quantitative estimate of drug-likeness (QED) is 0.480. The predicted octanol–water partition coefficient (Wildman–Crippen LogP) is 3.09. The van der Waals surface area contributed by atoms with Gasteiger partial charge in [0.05, 0.1) is 10.6 Å². The molecule has 2 aliphatic heterocycles. The van der Waals surface area contributed by atoms with Crippen molar-refractivity contribution in [2.75, 3.05) is 41.8 Å². The number of hydrogen-bond donors (Lipinski definition) is 2. The monoisotopic (exact) mass is 534 g/mol. The third-order valence-electron chi connectivity index (χ3n) is 6.34. The number of benzene rings is 3. The molecule has 10 nitrogen and oxygen atoms in total. The van der Waals surface area contributed by atoms with Gasteiger partial charge in [-0.15, -0.1) is 0 Å². The second-order valence-electron chi connectivity index (χ2n) is 8.95. The van der Waals surface area contributed by atoms with Crippen LogP contribution in [0.1, 0.15) is 23.2 Å². The van der Waals surface area contributed by atoms with Crippen molar-refractivity contribution in [3.05, 3.63) is 78.4 Å². The summed E-state index contributed by atoms with van der Waals surface area (Å²) in [6.45, 7) is 0.568. The minimum atomic E-state index is -3.57. The van der Waals surface area contributed by atoms with Crippen molar-refractivity contribution in [1.82, 2.24) is 4.31 Å². The maximum Gasteiger partial charge on any atom is 0.265 e. The van der Waals surface area contributed by atoms with Gasteiger partial charge in [0.25, 0.3) is 11.8 Å². The van der Waals surface area contributed by atoms with Crippen LogP contribution in [0.5, 0.6) is 5.75 Å². The summed E-state index contributed by atoms with van der Waals surface area (Å²) < 4.78 is 32.4. The van der Waals surface area contributed by atoms with E-state index < -0.39 is 15.9 Å². The van der Waals surface area contributed by atoms with Crippen LogP contribution in [0.4, 0.5) is 17.1 Å². The zero-order chi connectivity index (χ0) is 26.7. The molecule has 2 heterocycles. The van der Waals surface area contributed by atoms with Crippen LogP contribution in [-0.2, 0) is 19.6 Å². The first-order valence-electron chi connectivity index (χ1n) is 12.1. The van der Waals surface area contributed by atoms with E-state index >= 15 is 0 Å². The van der Waals surface area contributed by atoms with E-state index in [1.165, 1.54) is 33.5 Å². The zero-order valence-corrected chi connectivity index (χ0v) is 21.2. The molecule has 0 unspecified atom stereocenters. The highest BCUT2D eigenvalue weighted by atomic mass is 32.2. The van der Waals surface area contributed by atoms with Crippen molar-refractivity contribution in [3.63, 3.8) is 0 Å². The van der Waals surface area contributed by atoms with Crippen molar-refractivity contribution in [2.24, 2.45) is 0 Å². The van der Waals surface area contributed by atoms with Gasteiger partial charge in [0.1, 0.15) is 12.3 Å². The van der Waals surface area contributed by atoms with Crippen molar-refractivity contribution >= 4 is 44.8 Å². The van der Waals surface area contributed by atoms with E-state index in [4.69, 9.17) is 4.74 Å². The number of fused-ring (bicyclic) bond motifs is 1. The molecule has 1 fully saturated rings. The highest BCUT2D eigenvalue weighted by Gasteiger charge is 2.29. The van der Waals surface area contributed by atoms with Crippen LogP contribution in [-0.4, -0.2) is 56.7 Å². The molecule has 196 valence electrons. The number of carbonyl (C=O) groups is 3. The van der Waals surface area contributed by atoms with Crippen LogP contribution >= 0.6 is 0 Å². The second-order valence-corrected chi connectivity index (χ2v) is 10.9. The molecule has 3 aromatic rings. The first-order chi connectivity index (χ1) is 18.3. The number of para-hydroxylation sites is 1. The Hall–Kier alpha value is -4.22. The number of rotatable bonds is 7. The molecule has 38 heavy (non-hydrogen) atoms. The Balaban J connectivity index is 1.29. The van der Waals surface area contributed by atoms with Crippen molar-refractivity contribution in [1.29, 1.82) is 0 Å². The van der Waals surface area contributed by atoms with Gasteiger partial charge in [0, 0.05) is 30.0 Å². The smallest absolute Gasteiger partial charge is 0.265 e. The van der Waals surface area contributed by atoms with Crippen LogP contribution in [0.3, 0.4) is 0 Å². The third-order valence-corrected chi connectivity index (χ3v) is 8.25. The van der Waals surface area contributed by atoms with E-state index in [0.29, 0.717) is 35.9 Å². The van der Waals surface area contributed by atoms with E-state index in [-0.39, 0.29) is 35.4 Å². The predicted molar refractivity (Wildman–Crippen MR) is 142 cm³/mol. The van der Waals surface area contributed by atoms with Crippen LogP contribution in [0.25, 0.3) is 0 Å². The summed E-state index contributed by atoms with van der Waals surface area (Å²) in [5.41, 5.74) is 1.62. The molecule has 0 spiro atoms. The molecule has 0 atom stereocenters. The highest BCUT2D eigenvalue weighted by molar-refractivity contribution is 7.89. The van der Waals surface area contributed by atoms with E-state index in [1.807, 2.05) is 6.07 Å². The summed E-state index contributed by atoms with van der Waals surface area (Å²) in [6.07, 6.45) is 1.68. The fraction of sp³-hybridized carbons (Fsp3) is 0.222. The van der Waals surface area contributed by atoms with Crippen molar-refractivity contribution < 1.29 is 27.5 Å². The van der Waals surface area contributed by atoms with Gasteiger partial charge in [-0.3, -0.25) is 19.3 Å². The summed E-state index contributed by atoms with van der Waals surface area (Å²) in [5, 5.41) is 5.51. The van der Waals surface area contributed by atoms with Crippen molar-refractivity contribution in [2.45, 2.75) is 17.7 Å². The van der Waals surface area contributed by atoms with Crippen molar-refractivity contribution in [3.8, 4) is 5.75 Å². The van der Waals surface area contributed by atoms with Gasteiger partial charge >= 0.3 is 0 Å². The number of ether oxygens (including phenoxy) is 1. The van der Waals surface area contributed by atoms with E-state index in [1.54, 1.807) is 42.5 Å². The lowest BCUT2D eigenvalue weighted by Gasteiger charge is -2.29. The molecule has 2 N–H and O–H groups in total. The molecule has 0 radical (unpaired) electrons. The Bertz CT molecular complexity index is 1470. The van der Waals surface area contributed by atoms with E-state index in [9.17, 15) is 22.8 Å². The molecule has 2 aliphatic rings. The van der Waals surface area contributed by atoms with E-state index in [0.717, 1.165) is 12.8 Å². The van der Waals surface area contributed by atoms with Gasteiger partial charge in [0.2, 0.25) is 15.9 Å². The first-order valence-corrected chi connectivity index (χ1v) is 13.6. The zero-order valence-electron chi connectivity index (χ0n) is 20.4. The molecule has 0 aromatic heterocycles. The summed E-state index contributed by atoms with van der Waals surface area (Å²) in [6, 6.07) is 19.5. The Morgan fingerprint density at radius 1 is 0.868 bits per heavy atom. The number of sulfonamides is 1. The van der Waals surface area contributed by atoms with Crippen LogP contribution in [0.2, 0.25) is 0 Å². The number of amides is 3. The molecule has 1 saturated heterocycles. The normalized spacial score (nSPS) is 15.5. The van der Waals surface area contributed by atoms with Crippen LogP contribution in [0, 0.1) is 0 Å². The topological polar surface area (TPSA) is 125 Å². The molecule has 5 rings (SSSR count). The first kappa shape index (κ1) is 25.4. The number of anilines is 3. The van der Waals surface area contributed by atoms with Gasteiger partial charge in [-0.1, -0.05) is 18.2 Å². The van der Waals surface area contributed by atoms with Crippen LogP contribution < -0.4 is 20.3 Å². The molecule has 11 heteroatoms. The average Bonchev–Trinajstić information content (AvgIpc) is 3.47. The Morgan fingerprint density at radius 2 is 1.58 bits per heavy atom. The lowest BCUT2D eigenvalue weighted by Crippen LogP contribution is -2.43. The molecule has 0 bridgehead atoms. The molecular formula is C27H26N4O6S. The minimum Gasteiger partial charge on any atom is -0.482 e. The Labute approximate surface area is 220 Å². The maximum absolute atomic E-state index is 12.9. The lowest BCUT2D eigenvalue weighted by molar-refractivity contribution is -0.123. The highest BCUT2D eigenvalue weighted by Crippen LogP contribution is 2.34. The largest absolute Gasteiger partial charge is 0.482 e. The number of carbonyl (C=O) groups excluding carboxylic acids is 3. The fourth-order valence-corrected chi connectivity index (χ4v) is 5.89. The number of hydrogen-bond acceptors (Lipinski definition) is 6. The van der Waals surface area contributed by atoms with Gasteiger partial charge in [-0.25, -0.2) is 8.42 Å². The summed E-state index contributed by atoms with van der Waals surface area (Å²) in [4.78, 5) is 39.5. The van der Waals surface area contributed by atoms with Crippen LogP contribution in [0.15, 0.2) is 77.7 Å². The number of nitrogens with zero attached hydrogens (tertiary/aromatic N) is 2. The van der Waals surface area contributed by atoms with Gasteiger partial charge in [0.15, 0.2) is 6.61 Å². The summed E-state index contributed by atoms with van der Waals surface area (Å²) in [7, 11) is -3.57. The van der Waals surface area contributed by atoms with E-state index in [2.05, 4.69) is 10.6 Å². The molecule has 3 aromatic carbocycles. The minimum absolute atomic E-state index is 0.143. The SMILES string of the molecule is O=C(CN1C(=O)COc2ccc(NC(=O)c3ccc(S(=O)(=O)N4CCCC4)cc3)cc21)Nc1ccccc1. The maximum atomic E-state index is 12.9. The standard InChI is InChI=1S/C27H26N4O6S/c32-25(28-20-6-2-1-3-7-20)17-31-23-16-21(10-13-24(23)37-18-26(31)33)29-27(34)19-8-11-22(12-9-19)38(35,36)30-14-4-5-15-30/h1-3,6-13,16H,4-5,14-15,17-18H2,(H,28,32)(H,29,34). The number of nitrogens with one attached hydrogen (secondary N) is 2.